The lowest BCUT2D eigenvalue weighted by atomic mass is 10.0. The summed E-state index contributed by atoms with van der Waals surface area (Å²) in [6, 6.07) is 21.2. The number of aldehydes is 1. The van der Waals surface area contributed by atoms with E-state index in [1.54, 1.807) is 0 Å². The maximum absolute atomic E-state index is 11.1. The Balaban J connectivity index is 1.82. The van der Waals surface area contributed by atoms with Crippen LogP contribution in [0.5, 0.6) is 0 Å². The molecule has 2 aromatic heterocycles. The fraction of sp³-hybridized carbons (Fsp3) is 0.174. The molecule has 0 fully saturated rings. The van der Waals surface area contributed by atoms with Crippen molar-refractivity contribution in [3.63, 3.8) is 0 Å². The molecule has 130 valence electrons. The molecule has 4 rings (SSSR count). The molecule has 0 radical (unpaired) electrons. The summed E-state index contributed by atoms with van der Waals surface area (Å²) in [6.07, 6.45) is 4.20. The van der Waals surface area contributed by atoms with Crippen LogP contribution in [0.25, 0.3) is 27.0 Å². The Hall–Kier alpha value is -2.65. The van der Waals surface area contributed by atoms with Gasteiger partial charge in [-0.3, -0.25) is 4.79 Å². The van der Waals surface area contributed by atoms with E-state index in [-0.39, 0.29) is 0 Å². The number of hydrogen-bond donors (Lipinski definition) is 0. The molecule has 2 nitrogen and oxygen atoms in total. The molecule has 0 unspecified atom stereocenters. The minimum absolute atomic E-state index is 0.658. The van der Waals surface area contributed by atoms with Crippen LogP contribution < -0.4 is 0 Å². The van der Waals surface area contributed by atoms with E-state index in [4.69, 9.17) is 0 Å². The summed E-state index contributed by atoms with van der Waals surface area (Å²) < 4.78 is 2.24. The van der Waals surface area contributed by atoms with E-state index in [0.29, 0.717) is 5.92 Å². The van der Waals surface area contributed by atoms with Crippen molar-refractivity contribution in [3.8, 4) is 16.1 Å². The Bertz CT molecular complexity index is 1050. The Labute approximate surface area is 157 Å². The maximum Gasteiger partial charge on any atom is 0.160 e. The van der Waals surface area contributed by atoms with Gasteiger partial charge in [0.15, 0.2) is 6.29 Å². The largest absolute Gasteiger partial charge is 0.316 e. The molecule has 0 bridgehead atoms. The van der Waals surface area contributed by atoms with Gasteiger partial charge in [0, 0.05) is 27.7 Å². The number of hydrogen-bond acceptors (Lipinski definition) is 2. The third-order valence-corrected chi connectivity index (χ3v) is 5.62. The van der Waals surface area contributed by atoms with Gasteiger partial charge in [-0.2, -0.15) is 0 Å². The van der Waals surface area contributed by atoms with Crippen molar-refractivity contribution >= 4 is 28.5 Å². The standard InChI is InChI=1S/C23H21NOS/c1-16(2)13-17-7-9-18(10-8-17)24-14-21(20-5-3-4-6-22(20)24)23-12-11-19(15-25)26-23/h3-12,14-16H,13H2,1-2H3. The van der Waals surface area contributed by atoms with Gasteiger partial charge in [0.05, 0.1) is 10.4 Å². The van der Waals surface area contributed by atoms with Crippen LogP contribution in [0.1, 0.15) is 29.1 Å². The Morgan fingerprint density at radius 2 is 1.77 bits per heavy atom. The normalized spacial score (nSPS) is 11.3. The fourth-order valence-corrected chi connectivity index (χ4v) is 4.26. The topological polar surface area (TPSA) is 22.0 Å². The van der Waals surface area contributed by atoms with Crippen molar-refractivity contribution in [2.45, 2.75) is 20.3 Å². The van der Waals surface area contributed by atoms with Crippen LogP contribution in [-0.4, -0.2) is 10.9 Å². The summed E-state index contributed by atoms with van der Waals surface area (Å²) in [7, 11) is 0. The van der Waals surface area contributed by atoms with Crippen LogP contribution in [0.3, 0.4) is 0 Å². The summed E-state index contributed by atoms with van der Waals surface area (Å²) >= 11 is 1.54. The second-order valence-electron chi connectivity index (χ2n) is 7.01. The first-order valence-electron chi connectivity index (χ1n) is 8.90. The summed E-state index contributed by atoms with van der Waals surface area (Å²) in [6.45, 7) is 4.49. The van der Waals surface area contributed by atoms with Gasteiger partial charge in [0.25, 0.3) is 0 Å². The van der Waals surface area contributed by atoms with Gasteiger partial charge in [-0.15, -0.1) is 11.3 Å². The van der Waals surface area contributed by atoms with E-state index in [1.807, 2.05) is 12.1 Å². The molecule has 4 aromatic rings. The summed E-state index contributed by atoms with van der Waals surface area (Å²) in [5.74, 6) is 0.658. The molecule has 0 aliphatic rings. The minimum Gasteiger partial charge on any atom is -0.316 e. The van der Waals surface area contributed by atoms with E-state index < -0.39 is 0 Å². The smallest absolute Gasteiger partial charge is 0.160 e. The molecule has 3 heteroatoms. The summed E-state index contributed by atoms with van der Waals surface area (Å²) in [5.41, 5.74) is 4.88. The molecule has 26 heavy (non-hydrogen) atoms. The number of nitrogens with zero attached hydrogens (tertiary/aromatic N) is 1. The van der Waals surface area contributed by atoms with Crippen molar-refractivity contribution < 1.29 is 4.79 Å². The number of carbonyl (C=O) groups excluding carboxylic acids is 1. The number of thiophene rings is 1. The molecule has 0 amide bonds. The molecule has 2 aromatic carbocycles. The van der Waals surface area contributed by atoms with Gasteiger partial charge in [0.2, 0.25) is 0 Å². The number of carbonyl (C=O) groups is 1. The molecule has 0 spiro atoms. The van der Waals surface area contributed by atoms with Crippen molar-refractivity contribution in [1.82, 2.24) is 4.57 Å². The number of para-hydroxylation sites is 1. The number of fused-ring (bicyclic) bond motifs is 1. The highest BCUT2D eigenvalue weighted by atomic mass is 32.1. The predicted octanol–water partition coefficient (Wildman–Crippen LogP) is 6.37. The molecule has 0 saturated heterocycles. The minimum atomic E-state index is 0.658. The van der Waals surface area contributed by atoms with Crippen molar-refractivity contribution in [3.05, 3.63) is 77.3 Å². The first-order valence-corrected chi connectivity index (χ1v) is 9.72. The SMILES string of the molecule is CC(C)Cc1ccc(-n2cc(-c3ccc(C=O)s3)c3ccccc32)cc1. The zero-order chi connectivity index (χ0) is 18.1. The van der Waals surface area contributed by atoms with Crippen LogP contribution in [0, 0.1) is 5.92 Å². The molecule has 2 heterocycles. The highest BCUT2D eigenvalue weighted by molar-refractivity contribution is 7.17. The van der Waals surface area contributed by atoms with Crippen molar-refractivity contribution in [2.24, 2.45) is 5.92 Å². The molecule has 0 aliphatic carbocycles. The van der Waals surface area contributed by atoms with Crippen LogP contribution in [0.15, 0.2) is 66.9 Å². The van der Waals surface area contributed by atoms with E-state index in [1.165, 1.54) is 33.4 Å². The highest BCUT2D eigenvalue weighted by Crippen LogP contribution is 2.36. The molecule has 0 aliphatic heterocycles. The Morgan fingerprint density at radius 3 is 2.46 bits per heavy atom. The van der Waals surface area contributed by atoms with Crippen LogP contribution in [0.2, 0.25) is 0 Å². The molecule has 0 saturated carbocycles. The molecular weight excluding hydrogens is 338 g/mol. The lowest BCUT2D eigenvalue weighted by Crippen LogP contribution is -1.96. The zero-order valence-corrected chi connectivity index (χ0v) is 15.8. The van der Waals surface area contributed by atoms with Crippen LogP contribution in [0.4, 0.5) is 0 Å². The number of aromatic nitrogens is 1. The van der Waals surface area contributed by atoms with Gasteiger partial charge in [-0.05, 0) is 48.2 Å². The third-order valence-electron chi connectivity index (χ3n) is 4.58. The third kappa shape index (κ3) is 3.11. The van der Waals surface area contributed by atoms with E-state index >= 15 is 0 Å². The molecule has 0 atom stereocenters. The first kappa shape index (κ1) is 16.8. The lowest BCUT2D eigenvalue weighted by Gasteiger charge is -2.08. The monoisotopic (exact) mass is 359 g/mol. The average molecular weight is 359 g/mol. The average Bonchev–Trinajstić information content (AvgIpc) is 3.26. The van der Waals surface area contributed by atoms with Crippen LogP contribution in [-0.2, 0) is 6.42 Å². The lowest BCUT2D eigenvalue weighted by molar-refractivity contribution is 0.112. The first-order chi connectivity index (χ1) is 12.7. The predicted molar refractivity (Wildman–Crippen MR) is 111 cm³/mol. The van der Waals surface area contributed by atoms with E-state index in [0.717, 1.165) is 28.1 Å². The van der Waals surface area contributed by atoms with Crippen molar-refractivity contribution in [1.29, 1.82) is 0 Å². The number of rotatable bonds is 5. The van der Waals surface area contributed by atoms with Gasteiger partial charge < -0.3 is 4.57 Å². The van der Waals surface area contributed by atoms with Gasteiger partial charge in [0.1, 0.15) is 0 Å². The Kier molecular flexibility index (Phi) is 4.48. The molecular formula is C23H21NOS. The summed E-state index contributed by atoms with van der Waals surface area (Å²) in [4.78, 5) is 12.9. The van der Waals surface area contributed by atoms with Gasteiger partial charge >= 0.3 is 0 Å². The fourth-order valence-electron chi connectivity index (χ4n) is 3.41. The maximum atomic E-state index is 11.1. The Morgan fingerprint density at radius 1 is 1.00 bits per heavy atom. The zero-order valence-electron chi connectivity index (χ0n) is 15.0. The van der Waals surface area contributed by atoms with E-state index in [2.05, 4.69) is 73.1 Å². The second-order valence-corrected chi connectivity index (χ2v) is 8.13. The highest BCUT2D eigenvalue weighted by Gasteiger charge is 2.13. The summed E-state index contributed by atoms with van der Waals surface area (Å²) in [5, 5.41) is 1.21. The number of benzene rings is 2. The van der Waals surface area contributed by atoms with Crippen molar-refractivity contribution in [2.75, 3.05) is 0 Å². The quantitative estimate of drug-likeness (QED) is 0.379. The van der Waals surface area contributed by atoms with E-state index in [9.17, 15) is 4.79 Å². The molecule has 0 N–H and O–H groups in total. The van der Waals surface area contributed by atoms with Crippen LogP contribution >= 0.6 is 11.3 Å². The van der Waals surface area contributed by atoms with Gasteiger partial charge in [-0.25, -0.2) is 0 Å². The second kappa shape index (κ2) is 6.93. The van der Waals surface area contributed by atoms with Gasteiger partial charge in [-0.1, -0.05) is 44.2 Å².